The predicted octanol–water partition coefficient (Wildman–Crippen LogP) is 6.58. The van der Waals surface area contributed by atoms with Crippen LogP contribution in [0, 0.1) is 0 Å². The molecule has 3 aromatic carbocycles. The van der Waals surface area contributed by atoms with Gasteiger partial charge >= 0.3 is 0 Å². The van der Waals surface area contributed by atoms with Crippen LogP contribution in [0.4, 0.5) is 0 Å². The molecule has 3 rings (SSSR count). The molecule has 3 aromatic rings. The Hall–Kier alpha value is -2.20. The highest BCUT2D eigenvalue weighted by atomic mass is 35.5. The Bertz CT molecular complexity index is 989. The van der Waals surface area contributed by atoms with Crippen molar-refractivity contribution in [1.82, 2.24) is 5.32 Å². The fourth-order valence-electron chi connectivity index (χ4n) is 2.79. The Balaban J connectivity index is 1.62. The van der Waals surface area contributed by atoms with Crippen molar-refractivity contribution in [2.24, 2.45) is 0 Å². The third-order valence-electron chi connectivity index (χ3n) is 4.22. The minimum atomic E-state index is -0.112. The summed E-state index contributed by atoms with van der Waals surface area (Å²) in [6.07, 6.45) is 1.84. The van der Waals surface area contributed by atoms with E-state index in [2.05, 4.69) is 11.4 Å². The number of nitrogens with one attached hydrogen (secondary N) is 1. The average molecular weight is 442 g/mol. The summed E-state index contributed by atoms with van der Waals surface area (Å²) in [7, 11) is 0. The summed E-state index contributed by atoms with van der Waals surface area (Å²) < 4.78 is 0. The number of hydrogen-bond acceptors (Lipinski definition) is 2. The van der Waals surface area contributed by atoms with Gasteiger partial charge in [0.25, 0.3) is 5.91 Å². The fourth-order valence-corrected chi connectivity index (χ4v) is 4.00. The molecule has 0 bridgehead atoms. The molecule has 0 unspecified atom stereocenters. The summed E-state index contributed by atoms with van der Waals surface area (Å²) in [5.74, 6) is 1.56. The second kappa shape index (κ2) is 11.1. The normalized spacial score (nSPS) is 11.3. The zero-order chi connectivity index (χ0) is 20.5. The molecular weight excluding hydrogens is 421 g/mol. The molecule has 5 heteroatoms. The Labute approximate surface area is 185 Å². The number of amides is 1. The zero-order valence-corrected chi connectivity index (χ0v) is 18.1. The van der Waals surface area contributed by atoms with Gasteiger partial charge in [0.15, 0.2) is 0 Å². The van der Waals surface area contributed by atoms with E-state index >= 15 is 0 Å². The van der Waals surface area contributed by atoms with E-state index in [0.717, 1.165) is 27.7 Å². The summed E-state index contributed by atoms with van der Waals surface area (Å²) in [5, 5.41) is 4.38. The van der Waals surface area contributed by atoms with Crippen LogP contribution in [0.25, 0.3) is 11.6 Å². The highest BCUT2D eigenvalue weighted by Crippen LogP contribution is 2.23. The molecule has 0 heterocycles. The molecule has 2 nitrogen and oxygen atoms in total. The van der Waals surface area contributed by atoms with E-state index in [4.69, 9.17) is 23.2 Å². The second-order valence-corrected chi connectivity index (χ2v) is 8.33. The molecule has 0 fully saturated rings. The van der Waals surface area contributed by atoms with E-state index in [0.29, 0.717) is 17.1 Å². The second-order valence-electron chi connectivity index (χ2n) is 6.38. The van der Waals surface area contributed by atoms with E-state index in [1.165, 1.54) is 5.56 Å². The number of thioether (sulfide) groups is 1. The molecule has 148 valence electrons. The first-order chi connectivity index (χ1) is 14.1. The topological polar surface area (TPSA) is 29.1 Å². The van der Waals surface area contributed by atoms with Gasteiger partial charge in [0.05, 0.1) is 0 Å². The predicted molar refractivity (Wildman–Crippen MR) is 126 cm³/mol. The number of hydrogen-bond donors (Lipinski definition) is 1. The number of carbonyl (C=O) groups excluding carboxylic acids is 1. The van der Waals surface area contributed by atoms with Gasteiger partial charge in [-0.3, -0.25) is 4.79 Å². The zero-order valence-electron chi connectivity index (χ0n) is 15.8. The van der Waals surface area contributed by atoms with Crippen molar-refractivity contribution in [1.29, 1.82) is 0 Å². The maximum absolute atomic E-state index is 12.9. The largest absolute Gasteiger partial charge is 0.351 e. The van der Waals surface area contributed by atoms with Crippen LogP contribution in [0.3, 0.4) is 0 Å². The Morgan fingerprint density at radius 1 is 0.931 bits per heavy atom. The Morgan fingerprint density at radius 3 is 2.45 bits per heavy atom. The molecule has 0 atom stereocenters. The van der Waals surface area contributed by atoms with Crippen molar-refractivity contribution in [3.63, 3.8) is 0 Å². The van der Waals surface area contributed by atoms with Crippen molar-refractivity contribution in [3.05, 3.63) is 106 Å². The van der Waals surface area contributed by atoms with Crippen molar-refractivity contribution in [2.45, 2.75) is 5.75 Å². The van der Waals surface area contributed by atoms with E-state index in [-0.39, 0.29) is 5.91 Å². The van der Waals surface area contributed by atoms with Crippen molar-refractivity contribution >= 4 is 52.5 Å². The van der Waals surface area contributed by atoms with Crippen LogP contribution in [-0.2, 0) is 10.5 Å². The number of halogens is 2. The minimum absolute atomic E-state index is 0.112. The van der Waals surface area contributed by atoms with Gasteiger partial charge < -0.3 is 5.32 Å². The monoisotopic (exact) mass is 441 g/mol. The number of rotatable bonds is 8. The average Bonchev–Trinajstić information content (AvgIpc) is 2.73. The van der Waals surface area contributed by atoms with Crippen molar-refractivity contribution in [2.75, 3.05) is 12.3 Å². The minimum Gasteiger partial charge on any atom is -0.351 e. The van der Waals surface area contributed by atoms with Crippen LogP contribution in [0.1, 0.15) is 16.7 Å². The van der Waals surface area contributed by atoms with Gasteiger partial charge in [-0.15, -0.1) is 0 Å². The van der Waals surface area contributed by atoms with Gasteiger partial charge in [-0.05, 0) is 41.0 Å². The van der Waals surface area contributed by atoms with E-state index < -0.39 is 0 Å². The smallest absolute Gasteiger partial charge is 0.251 e. The van der Waals surface area contributed by atoms with Crippen molar-refractivity contribution in [3.8, 4) is 0 Å². The van der Waals surface area contributed by atoms with Crippen LogP contribution in [-0.4, -0.2) is 18.2 Å². The third kappa shape index (κ3) is 6.67. The summed E-state index contributed by atoms with van der Waals surface area (Å²) in [5.41, 5.74) is 3.45. The van der Waals surface area contributed by atoms with Gasteiger partial charge in [0, 0.05) is 33.7 Å². The molecule has 1 N–H and O–H groups in total. The summed E-state index contributed by atoms with van der Waals surface area (Å²) in [4.78, 5) is 12.9. The Morgan fingerprint density at radius 2 is 1.69 bits per heavy atom. The molecule has 0 saturated carbocycles. The van der Waals surface area contributed by atoms with Crippen LogP contribution in [0.2, 0.25) is 10.0 Å². The third-order valence-corrected chi connectivity index (χ3v) is 5.83. The number of benzene rings is 3. The molecule has 0 radical (unpaired) electrons. The summed E-state index contributed by atoms with van der Waals surface area (Å²) >= 11 is 14.1. The molecule has 0 aliphatic rings. The van der Waals surface area contributed by atoms with E-state index in [9.17, 15) is 4.79 Å². The van der Waals surface area contributed by atoms with E-state index in [1.54, 1.807) is 11.8 Å². The van der Waals surface area contributed by atoms with Gasteiger partial charge in [-0.1, -0.05) is 83.9 Å². The maximum atomic E-state index is 12.9. The maximum Gasteiger partial charge on any atom is 0.251 e. The van der Waals surface area contributed by atoms with Crippen molar-refractivity contribution < 1.29 is 4.79 Å². The molecular formula is C24H21Cl2NOS. The molecule has 0 saturated heterocycles. The van der Waals surface area contributed by atoms with Gasteiger partial charge in [0.2, 0.25) is 0 Å². The molecule has 1 amide bonds. The first-order valence-electron chi connectivity index (χ1n) is 9.25. The summed E-state index contributed by atoms with van der Waals surface area (Å²) in [6, 6.07) is 25.0. The van der Waals surface area contributed by atoms with Gasteiger partial charge in [-0.25, -0.2) is 0 Å². The van der Waals surface area contributed by atoms with Gasteiger partial charge in [0.1, 0.15) is 0 Å². The lowest BCUT2D eigenvalue weighted by atomic mass is 10.0. The summed E-state index contributed by atoms with van der Waals surface area (Å²) in [6.45, 7) is 0.580. The van der Waals surface area contributed by atoms with Crippen LogP contribution >= 0.6 is 35.0 Å². The lowest BCUT2D eigenvalue weighted by molar-refractivity contribution is -0.115. The highest BCUT2D eigenvalue weighted by Gasteiger charge is 2.12. The molecule has 0 aliphatic heterocycles. The van der Waals surface area contributed by atoms with Gasteiger partial charge in [-0.2, -0.15) is 11.8 Å². The molecule has 0 aromatic heterocycles. The number of carbonyl (C=O) groups is 1. The first kappa shape index (κ1) is 21.5. The first-order valence-corrected chi connectivity index (χ1v) is 11.2. The van der Waals surface area contributed by atoms with Crippen LogP contribution in [0.15, 0.2) is 78.9 Å². The van der Waals surface area contributed by atoms with E-state index in [1.807, 2.05) is 78.9 Å². The molecule has 0 aliphatic carbocycles. The lowest BCUT2D eigenvalue weighted by Gasteiger charge is -2.10. The molecule has 0 spiro atoms. The fraction of sp³-hybridized carbons (Fsp3) is 0.125. The van der Waals surface area contributed by atoms with Crippen LogP contribution < -0.4 is 5.32 Å². The Kier molecular flexibility index (Phi) is 8.24. The van der Waals surface area contributed by atoms with Crippen LogP contribution in [0.5, 0.6) is 0 Å². The SMILES string of the molecule is O=C(NCCSCc1cccc(Cl)c1)/C(=C/c1ccccc1Cl)c1ccccc1. The molecule has 29 heavy (non-hydrogen) atoms. The lowest BCUT2D eigenvalue weighted by Crippen LogP contribution is -2.26. The highest BCUT2D eigenvalue weighted by molar-refractivity contribution is 7.98. The standard InChI is InChI=1S/C24H21Cl2NOS/c25-21-11-6-7-18(15-21)17-29-14-13-27-24(28)22(19-8-2-1-3-9-19)16-20-10-4-5-12-23(20)26/h1-12,15-16H,13-14,17H2,(H,27,28)/b22-16+. The quantitative estimate of drug-likeness (QED) is 0.242.